The molecule has 3 unspecified atom stereocenters. The summed E-state index contributed by atoms with van der Waals surface area (Å²) < 4.78 is 0. The molecule has 1 aliphatic heterocycles. The lowest BCUT2D eigenvalue weighted by Crippen LogP contribution is -2.49. The van der Waals surface area contributed by atoms with E-state index in [4.69, 9.17) is 5.73 Å². The van der Waals surface area contributed by atoms with Crippen molar-refractivity contribution in [1.82, 2.24) is 4.90 Å². The van der Waals surface area contributed by atoms with Gasteiger partial charge >= 0.3 is 0 Å². The molecule has 0 aromatic heterocycles. The molecule has 2 nitrogen and oxygen atoms in total. The molecule has 2 N–H and O–H groups in total. The molecule has 1 saturated carbocycles. The van der Waals surface area contributed by atoms with Crippen LogP contribution < -0.4 is 5.73 Å². The van der Waals surface area contributed by atoms with Crippen LogP contribution in [0.3, 0.4) is 0 Å². The number of nitrogens with two attached hydrogens (primary N) is 1. The monoisotopic (exact) mass is 252 g/mol. The summed E-state index contributed by atoms with van der Waals surface area (Å²) in [6.45, 7) is 15.9. The fourth-order valence-electron chi connectivity index (χ4n) is 3.96. The van der Waals surface area contributed by atoms with Crippen molar-refractivity contribution in [1.29, 1.82) is 0 Å². The molecule has 1 saturated heterocycles. The number of hydrogen-bond donors (Lipinski definition) is 1. The maximum atomic E-state index is 6.25. The zero-order valence-electron chi connectivity index (χ0n) is 13.0. The van der Waals surface area contributed by atoms with Crippen molar-refractivity contribution in [2.75, 3.05) is 19.6 Å². The van der Waals surface area contributed by atoms with Gasteiger partial charge in [-0.2, -0.15) is 0 Å². The fraction of sp³-hybridized carbons (Fsp3) is 1.00. The molecule has 1 heterocycles. The molecule has 18 heavy (non-hydrogen) atoms. The van der Waals surface area contributed by atoms with Crippen LogP contribution in [0, 0.1) is 22.7 Å². The van der Waals surface area contributed by atoms with Crippen molar-refractivity contribution in [3.63, 3.8) is 0 Å². The van der Waals surface area contributed by atoms with Crippen molar-refractivity contribution in [2.24, 2.45) is 28.4 Å². The van der Waals surface area contributed by atoms with Gasteiger partial charge in [-0.15, -0.1) is 0 Å². The first-order chi connectivity index (χ1) is 8.22. The third-order valence-electron chi connectivity index (χ3n) is 5.95. The van der Waals surface area contributed by atoms with Gasteiger partial charge < -0.3 is 10.6 Å². The Kier molecular flexibility index (Phi) is 3.81. The van der Waals surface area contributed by atoms with E-state index in [9.17, 15) is 0 Å². The van der Waals surface area contributed by atoms with Crippen molar-refractivity contribution in [3.8, 4) is 0 Å². The molecular formula is C16H32N2. The summed E-state index contributed by atoms with van der Waals surface area (Å²) in [5.41, 5.74) is 7.18. The van der Waals surface area contributed by atoms with Crippen LogP contribution >= 0.6 is 0 Å². The van der Waals surface area contributed by atoms with Gasteiger partial charge in [0.05, 0.1) is 0 Å². The topological polar surface area (TPSA) is 29.3 Å². The summed E-state index contributed by atoms with van der Waals surface area (Å²) in [5.74, 6) is 1.47. The molecule has 2 rings (SSSR count). The van der Waals surface area contributed by atoms with Gasteiger partial charge in [0, 0.05) is 19.1 Å². The van der Waals surface area contributed by atoms with E-state index in [0.29, 0.717) is 22.8 Å². The van der Waals surface area contributed by atoms with Crippen LogP contribution in [0.25, 0.3) is 0 Å². The smallest absolute Gasteiger partial charge is 0.00698 e. The standard InChI is InChI=1S/C16H32N2/c1-12-14(17)7-6-13(16(12,4)5)10-18-9-8-15(2,3)11-18/h12-14H,6-11,17H2,1-5H3. The van der Waals surface area contributed by atoms with Crippen LogP contribution in [-0.4, -0.2) is 30.6 Å². The van der Waals surface area contributed by atoms with Crippen LogP contribution in [-0.2, 0) is 0 Å². The van der Waals surface area contributed by atoms with Crippen LogP contribution in [0.15, 0.2) is 0 Å². The van der Waals surface area contributed by atoms with E-state index in [-0.39, 0.29) is 0 Å². The van der Waals surface area contributed by atoms with E-state index in [0.717, 1.165) is 5.92 Å². The molecule has 0 bridgehead atoms. The average molecular weight is 252 g/mol. The first-order valence-corrected chi connectivity index (χ1v) is 7.70. The van der Waals surface area contributed by atoms with Crippen LogP contribution in [0.5, 0.6) is 0 Å². The van der Waals surface area contributed by atoms with Crippen molar-refractivity contribution in [2.45, 2.75) is 59.9 Å². The fourth-order valence-corrected chi connectivity index (χ4v) is 3.96. The zero-order chi connectivity index (χ0) is 13.6. The molecule has 0 aromatic carbocycles. The zero-order valence-corrected chi connectivity index (χ0v) is 13.0. The van der Waals surface area contributed by atoms with E-state index in [2.05, 4.69) is 39.5 Å². The van der Waals surface area contributed by atoms with Gasteiger partial charge in [0.25, 0.3) is 0 Å². The predicted octanol–water partition coefficient (Wildman–Crippen LogP) is 3.12. The van der Waals surface area contributed by atoms with E-state index in [1.54, 1.807) is 0 Å². The summed E-state index contributed by atoms with van der Waals surface area (Å²) in [5, 5.41) is 0. The lowest BCUT2D eigenvalue weighted by molar-refractivity contribution is 0.0317. The summed E-state index contributed by atoms with van der Waals surface area (Å²) >= 11 is 0. The number of hydrogen-bond acceptors (Lipinski definition) is 2. The second-order valence-corrected chi connectivity index (χ2v) is 8.20. The Balaban J connectivity index is 1.97. The highest BCUT2D eigenvalue weighted by Crippen LogP contribution is 2.45. The normalized spacial score (nSPS) is 40.0. The minimum absolute atomic E-state index is 0.393. The van der Waals surface area contributed by atoms with E-state index >= 15 is 0 Å². The molecular weight excluding hydrogens is 220 g/mol. The Hall–Kier alpha value is -0.0800. The summed E-state index contributed by atoms with van der Waals surface area (Å²) in [4.78, 5) is 2.69. The summed E-state index contributed by atoms with van der Waals surface area (Å²) in [6, 6.07) is 0.409. The van der Waals surface area contributed by atoms with E-state index in [1.165, 1.54) is 38.9 Å². The Bertz CT molecular complexity index is 295. The van der Waals surface area contributed by atoms with Gasteiger partial charge in [-0.05, 0) is 48.5 Å². The Labute approximate surface area is 113 Å². The number of rotatable bonds is 2. The summed E-state index contributed by atoms with van der Waals surface area (Å²) in [6.07, 6.45) is 3.89. The molecule has 0 amide bonds. The van der Waals surface area contributed by atoms with Gasteiger partial charge in [-0.1, -0.05) is 34.6 Å². The maximum Gasteiger partial charge on any atom is 0.00698 e. The van der Waals surface area contributed by atoms with Gasteiger partial charge in [-0.3, -0.25) is 0 Å². The Morgan fingerprint density at radius 1 is 1.17 bits per heavy atom. The van der Waals surface area contributed by atoms with Crippen molar-refractivity contribution in [3.05, 3.63) is 0 Å². The van der Waals surface area contributed by atoms with E-state index < -0.39 is 0 Å². The molecule has 1 aliphatic carbocycles. The lowest BCUT2D eigenvalue weighted by Gasteiger charge is -2.48. The molecule has 2 fully saturated rings. The second-order valence-electron chi connectivity index (χ2n) is 8.20. The predicted molar refractivity (Wildman–Crippen MR) is 78.5 cm³/mol. The minimum Gasteiger partial charge on any atom is -0.327 e. The van der Waals surface area contributed by atoms with Gasteiger partial charge in [0.15, 0.2) is 0 Å². The van der Waals surface area contributed by atoms with Gasteiger partial charge in [0.2, 0.25) is 0 Å². The first kappa shape index (κ1) is 14.3. The van der Waals surface area contributed by atoms with Crippen LogP contribution in [0.2, 0.25) is 0 Å². The Morgan fingerprint density at radius 2 is 1.83 bits per heavy atom. The van der Waals surface area contributed by atoms with Crippen molar-refractivity contribution >= 4 is 0 Å². The minimum atomic E-state index is 0.393. The molecule has 0 aromatic rings. The molecule has 106 valence electrons. The average Bonchev–Trinajstić information content (AvgIpc) is 2.60. The van der Waals surface area contributed by atoms with Crippen molar-refractivity contribution < 1.29 is 0 Å². The number of nitrogens with zero attached hydrogens (tertiary/aromatic N) is 1. The largest absolute Gasteiger partial charge is 0.327 e. The molecule has 0 radical (unpaired) electrons. The van der Waals surface area contributed by atoms with Gasteiger partial charge in [-0.25, -0.2) is 0 Å². The highest BCUT2D eigenvalue weighted by Gasteiger charge is 2.43. The maximum absolute atomic E-state index is 6.25. The Morgan fingerprint density at radius 3 is 2.39 bits per heavy atom. The van der Waals surface area contributed by atoms with E-state index in [1.807, 2.05) is 0 Å². The molecule has 3 atom stereocenters. The third kappa shape index (κ3) is 2.75. The van der Waals surface area contributed by atoms with Crippen LogP contribution in [0.1, 0.15) is 53.9 Å². The lowest BCUT2D eigenvalue weighted by atomic mass is 9.61. The highest BCUT2D eigenvalue weighted by molar-refractivity contribution is 4.95. The third-order valence-corrected chi connectivity index (χ3v) is 5.95. The quantitative estimate of drug-likeness (QED) is 0.818. The molecule has 2 heteroatoms. The number of likely N-dealkylation sites (tertiary alicyclic amines) is 1. The highest BCUT2D eigenvalue weighted by atomic mass is 15.2. The molecule has 2 aliphatic rings. The summed E-state index contributed by atoms with van der Waals surface area (Å²) in [7, 11) is 0. The van der Waals surface area contributed by atoms with Gasteiger partial charge in [0.1, 0.15) is 0 Å². The first-order valence-electron chi connectivity index (χ1n) is 7.70. The molecule has 0 spiro atoms. The SMILES string of the molecule is CC1C(N)CCC(CN2CCC(C)(C)C2)C1(C)C. The van der Waals surface area contributed by atoms with Crippen LogP contribution in [0.4, 0.5) is 0 Å². The second kappa shape index (κ2) is 4.79.